The first-order valence-corrected chi connectivity index (χ1v) is 7.93. The van der Waals surface area contributed by atoms with E-state index in [-0.39, 0.29) is 0 Å². The van der Waals surface area contributed by atoms with Crippen LogP contribution in [0.5, 0.6) is 0 Å². The first kappa shape index (κ1) is 20.1. The van der Waals surface area contributed by atoms with E-state index in [4.69, 9.17) is 5.41 Å². The molecule has 3 heteroatoms. The second-order valence-electron chi connectivity index (χ2n) is 4.93. The van der Waals surface area contributed by atoms with Crippen molar-refractivity contribution in [2.45, 2.75) is 66.2 Å². The fourth-order valence-corrected chi connectivity index (χ4v) is 2.36. The lowest BCUT2D eigenvalue weighted by Gasteiger charge is -2.37. The zero-order valence-electron chi connectivity index (χ0n) is 12.9. The molecule has 18 heavy (non-hydrogen) atoms. The van der Waals surface area contributed by atoms with Gasteiger partial charge in [0.25, 0.3) is 0 Å². The van der Waals surface area contributed by atoms with Crippen LogP contribution in [-0.2, 0) is 0 Å². The molecule has 108 valence electrons. The van der Waals surface area contributed by atoms with Crippen LogP contribution in [0.15, 0.2) is 0 Å². The Kier molecular flexibility index (Phi) is 16.5. The van der Waals surface area contributed by atoms with Crippen LogP contribution < -0.4 is 0 Å². The van der Waals surface area contributed by atoms with Gasteiger partial charge in [0, 0.05) is 0 Å². The maximum absolute atomic E-state index is 7.13. The summed E-state index contributed by atoms with van der Waals surface area (Å²) in [7, 11) is 0. The number of quaternary nitrogens is 1. The smallest absolute Gasteiger partial charge is 0.0786 e. The number of rotatable bonds is 10. The Bertz CT molecular complexity index is 183. The monoisotopic (exact) mass is 272 g/mol. The second kappa shape index (κ2) is 14.8. The Labute approximate surface area is 120 Å². The van der Waals surface area contributed by atoms with Crippen molar-refractivity contribution in [3.8, 4) is 0 Å². The lowest BCUT2D eigenvalue weighted by atomic mass is 10.1. The molecule has 0 spiro atoms. The summed E-state index contributed by atoms with van der Waals surface area (Å²) in [6.07, 6.45) is 8.36. The van der Waals surface area contributed by atoms with Gasteiger partial charge in [0.05, 0.1) is 26.2 Å². The molecule has 0 atom stereocenters. The van der Waals surface area contributed by atoms with E-state index in [0.717, 1.165) is 0 Å². The molecule has 0 heterocycles. The van der Waals surface area contributed by atoms with E-state index in [9.17, 15) is 0 Å². The van der Waals surface area contributed by atoms with Gasteiger partial charge in [-0.05, 0) is 39.5 Å². The van der Waals surface area contributed by atoms with Crippen LogP contribution in [0.1, 0.15) is 66.2 Å². The molecule has 0 saturated heterocycles. The van der Waals surface area contributed by atoms with Gasteiger partial charge in [0.15, 0.2) is 0 Å². The Balaban J connectivity index is 0. The summed E-state index contributed by atoms with van der Waals surface area (Å²) in [6.45, 7) is 14.8. The summed E-state index contributed by atoms with van der Waals surface area (Å²) in [5, 5.41) is 8.47. The quantitative estimate of drug-likeness (QED) is 0.240. The second-order valence-corrected chi connectivity index (χ2v) is 5.11. The highest BCUT2D eigenvalue weighted by Gasteiger charge is 2.21. The molecule has 0 aromatic heterocycles. The van der Waals surface area contributed by atoms with E-state index in [1.165, 1.54) is 74.3 Å². The van der Waals surface area contributed by atoms with E-state index >= 15 is 0 Å². The lowest BCUT2D eigenvalue weighted by Crippen LogP contribution is -2.49. The minimum atomic E-state index is 1.32. The highest BCUT2D eigenvalue weighted by atomic mass is 32.1. The molecule has 0 rings (SSSR count). The highest BCUT2D eigenvalue weighted by Crippen LogP contribution is 2.12. The molecular formula is C15H32N2S. The SMILES string of the molecule is CCCCC[N+](CC)(CC)CCCCC.[N-]=C=S. The largest absolute Gasteiger partial charge is 0.753 e. The molecule has 0 aliphatic carbocycles. The highest BCUT2D eigenvalue weighted by molar-refractivity contribution is 7.78. The topological polar surface area (TPSA) is 22.3 Å². The van der Waals surface area contributed by atoms with E-state index in [2.05, 4.69) is 39.9 Å². The number of nitrogens with zero attached hydrogens (tertiary/aromatic N) is 2. The number of unbranched alkanes of at least 4 members (excludes halogenated alkanes) is 4. The molecule has 2 nitrogen and oxygen atoms in total. The van der Waals surface area contributed by atoms with Crippen molar-refractivity contribution >= 4 is 17.4 Å². The molecule has 0 aromatic carbocycles. The third-order valence-corrected chi connectivity index (χ3v) is 3.81. The fourth-order valence-electron chi connectivity index (χ4n) is 2.36. The van der Waals surface area contributed by atoms with E-state index in [0.29, 0.717) is 0 Å². The van der Waals surface area contributed by atoms with Crippen molar-refractivity contribution in [2.75, 3.05) is 26.2 Å². The van der Waals surface area contributed by atoms with Crippen molar-refractivity contribution in [3.05, 3.63) is 5.41 Å². The van der Waals surface area contributed by atoms with Crippen molar-refractivity contribution in [2.24, 2.45) is 0 Å². The van der Waals surface area contributed by atoms with Crippen LogP contribution >= 0.6 is 12.2 Å². The van der Waals surface area contributed by atoms with Gasteiger partial charge in [-0.25, -0.2) is 0 Å². The first-order valence-electron chi connectivity index (χ1n) is 7.52. The summed E-state index contributed by atoms with van der Waals surface area (Å²) in [5.74, 6) is 0. The molecule has 0 aromatic rings. The third kappa shape index (κ3) is 10.9. The Morgan fingerprint density at radius 3 is 1.39 bits per heavy atom. The summed E-state index contributed by atoms with van der Waals surface area (Å²) in [4.78, 5) is 0. The van der Waals surface area contributed by atoms with Crippen molar-refractivity contribution in [3.63, 3.8) is 0 Å². The van der Waals surface area contributed by atoms with Gasteiger partial charge in [-0.1, -0.05) is 38.9 Å². The minimum absolute atomic E-state index is 1.32. The number of hydrogen-bond donors (Lipinski definition) is 0. The van der Waals surface area contributed by atoms with E-state index in [1.54, 1.807) is 0 Å². The summed E-state index contributed by atoms with van der Waals surface area (Å²) in [5.41, 5.74) is 0. The van der Waals surface area contributed by atoms with Gasteiger partial charge in [0.1, 0.15) is 0 Å². The third-order valence-electron chi connectivity index (χ3n) is 3.81. The Morgan fingerprint density at radius 2 is 1.17 bits per heavy atom. The van der Waals surface area contributed by atoms with Crippen molar-refractivity contribution < 1.29 is 4.48 Å². The van der Waals surface area contributed by atoms with Crippen LogP contribution in [0.4, 0.5) is 0 Å². The van der Waals surface area contributed by atoms with Crippen LogP contribution in [0.25, 0.3) is 5.41 Å². The maximum Gasteiger partial charge on any atom is 0.0786 e. The summed E-state index contributed by atoms with van der Waals surface area (Å²) < 4.78 is 1.36. The van der Waals surface area contributed by atoms with Gasteiger partial charge in [-0.3, -0.25) is 0 Å². The van der Waals surface area contributed by atoms with Gasteiger partial charge in [-0.15, -0.1) is 0 Å². The number of isothiocyanates is 1. The van der Waals surface area contributed by atoms with Gasteiger partial charge >= 0.3 is 0 Å². The minimum Gasteiger partial charge on any atom is -0.753 e. The Morgan fingerprint density at radius 1 is 0.833 bits per heavy atom. The van der Waals surface area contributed by atoms with Crippen LogP contribution in [0.3, 0.4) is 0 Å². The molecule has 0 fully saturated rings. The van der Waals surface area contributed by atoms with Crippen molar-refractivity contribution in [1.29, 1.82) is 0 Å². The molecule has 0 aliphatic heterocycles. The van der Waals surface area contributed by atoms with Crippen LogP contribution in [-0.4, -0.2) is 35.8 Å². The van der Waals surface area contributed by atoms with Gasteiger partial charge < -0.3 is 9.89 Å². The predicted molar refractivity (Wildman–Crippen MR) is 86.1 cm³/mol. The summed E-state index contributed by atoms with van der Waals surface area (Å²) in [6, 6.07) is 0. The zero-order valence-corrected chi connectivity index (χ0v) is 13.7. The van der Waals surface area contributed by atoms with Crippen LogP contribution in [0, 0.1) is 0 Å². The average Bonchev–Trinajstić information content (AvgIpc) is 2.38. The van der Waals surface area contributed by atoms with Crippen molar-refractivity contribution in [1.82, 2.24) is 0 Å². The number of hydrogen-bond acceptors (Lipinski definition) is 1. The molecule has 0 unspecified atom stereocenters. The van der Waals surface area contributed by atoms with E-state index < -0.39 is 0 Å². The normalized spacial score (nSPS) is 10.4. The first-order chi connectivity index (χ1) is 8.66. The Hall–Kier alpha value is -0.240. The fraction of sp³-hybridized carbons (Fsp3) is 0.933. The van der Waals surface area contributed by atoms with Gasteiger partial charge in [0.2, 0.25) is 0 Å². The standard InChI is InChI=1S/C14H32N.CNS/c1-5-9-11-13-15(7-3,8-4)14-12-10-6-2;2-1-3/h5-14H2,1-4H3;/q+1;-1. The number of thiocarbonyl (C=S) groups is 1. The van der Waals surface area contributed by atoms with E-state index in [1.807, 2.05) is 0 Å². The average molecular weight is 273 g/mol. The lowest BCUT2D eigenvalue weighted by molar-refractivity contribution is -0.925. The molecule has 0 radical (unpaired) electrons. The zero-order chi connectivity index (χ0) is 14.3. The van der Waals surface area contributed by atoms with Gasteiger partial charge in [-0.2, -0.15) is 5.16 Å². The summed E-state index contributed by atoms with van der Waals surface area (Å²) >= 11 is 3.70. The molecular weight excluding hydrogens is 240 g/mol. The maximum atomic E-state index is 7.13. The molecule has 0 amide bonds. The van der Waals surface area contributed by atoms with Crippen LogP contribution in [0.2, 0.25) is 0 Å². The molecule has 0 bridgehead atoms. The molecule has 0 N–H and O–H groups in total. The molecule has 0 saturated carbocycles. The molecule has 0 aliphatic rings. The predicted octanol–water partition coefficient (Wildman–Crippen LogP) is 4.88.